The first-order valence-electron chi connectivity index (χ1n) is 13.3. The maximum absolute atomic E-state index is 5.78. The van der Waals surface area contributed by atoms with Crippen LogP contribution in [0.2, 0.25) is 0 Å². The summed E-state index contributed by atoms with van der Waals surface area (Å²) in [5, 5.41) is 0. The van der Waals surface area contributed by atoms with Crippen molar-refractivity contribution in [1.29, 1.82) is 0 Å². The van der Waals surface area contributed by atoms with E-state index in [2.05, 4.69) is 31.0 Å². The van der Waals surface area contributed by atoms with E-state index >= 15 is 0 Å². The van der Waals surface area contributed by atoms with Crippen LogP contribution < -0.4 is 4.74 Å². The summed E-state index contributed by atoms with van der Waals surface area (Å²) in [6, 6.07) is 4.28. The summed E-state index contributed by atoms with van der Waals surface area (Å²) >= 11 is 0. The van der Waals surface area contributed by atoms with Crippen LogP contribution in [0.25, 0.3) is 0 Å². The molecule has 2 saturated carbocycles. The highest BCUT2D eigenvalue weighted by molar-refractivity contribution is 5.19. The summed E-state index contributed by atoms with van der Waals surface area (Å²) in [6.07, 6.45) is 24.3. The van der Waals surface area contributed by atoms with Crippen LogP contribution in [0.4, 0.5) is 0 Å². The standard InChI is InChI=1S/C28H47NO/c1-3-5-6-21-30-28-20-19-27(29-22-28)18-17-26-15-13-25(14-16-26)12-11-24-9-7-23(4-2)8-10-24/h19-20,22-26H,3-18,21H2,1-2H3/t23-,24-,25?,26?. The fourth-order valence-electron chi connectivity index (χ4n) is 5.75. The van der Waals surface area contributed by atoms with Gasteiger partial charge in [0.15, 0.2) is 0 Å². The monoisotopic (exact) mass is 413 g/mol. The maximum atomic E-state index is 5.78. The van der Waals surface area contributed by atoms with Crippen LogP contribution >= 0.6 is 0 Å². The highest BCUT2D eigenvalue weighted by Crippen LogP contribution is 2.38. The van der Waals surface area contributed by atoms with Crippen LogP contribution in [-0.4, -0.2) is 11.6 Å². The fourth-order valence-corrected chi connectivity index (χ4v) is 5.75. The third-order valence-corrected chi connectivity index (χ3v) is 8.12. The number of pyridine rings is 1. The summed E-state index contributed by atoms with van der Waals surface area (Å²) < 4.78 is 5.78. The Hall–Kier alpha value is -1.05. The molecule has 0 spiro atoms. The van der Waals surface area contributed by atoms with Gasteiger partial charge in [0.2, 0.25) is 0 Å². The summed E-state index contributed by atoms with van der Waals surface area (Å²) in [6.45, 7) is 5.41. The van der Waals surface area contributed by atoms with Crippen LogP contribution in [0, 0.1) is 23.7 Å². The van der Waals surface area contributed by atoms with Crippen LogP contribution in [0.3, 0.4) is 0 Å². The van der Waals surface area contributed by atoms with E-state index in [0.717, 1.165) is 48.9 Å². The van der Waals surface area contributed by atoms with Crippen LogP contribution in [0.1, 0.15) is 116 Å². The first-order valence-corrected chi connectivity index (χ1v) is 13.3. The third kappa shape index (κ3) is 8.23. The van der Waals surface area contributed by atoms with Crippen LogP contribution in [0.5, 0.6) is 5.75 Å². The number of hydrogen-bond donors (Lipinski definition) is 0. The lowest BCUT2D eigenvalue weighted by molar-refractivity contribution is 0.211. The molecule has 2 heteroatoms. The maximum Gasteiger partial charge on any atom is 0.137 e. The zero-order valence-electron chi connectivity index (χ0n) is 19.9. The van der Waals surface area contributed by atoms with E-state index in [-0.39, 0.29) is 0 Å². The van der Waals surface area contributed by atoms with Crippen molar-refractivity contribution in [3.8, 4) is 5.75 Å². The molecule has 0 atom stereocenters. The first-order chi connectivity index (χ1) is 14.8. The number of rotatable bonds is 12. The van der Waals surface area contributed by atoms with Gasteiger partial charge in [-0.3, -0.25) is 4.98 Å². The Morgan fingerprint density at radius 3 is 1.90 bits per heavy atom. The Morgan fingerprint density at radius 1 is 0.767 bits per heavy atom. The zero-order valence-corrected chi connectivity index (χ0v) is 19.9. The van der Waals surface area contributed by atoms with Gasteiger partial charge in [-0.15, -0.1) is 0 Å². The van der Waals surface area contributed by atoms with Crippen molar-refractivity contribution in [2.75, 3.05) is 6.61 Å². The molecule has 0 unspecified atom stereocenters. The van der Waals surface area contributed by atoms with Crippen molar-refractivity contribution in [1.82, 2.24) is 4.98 Å². The van der Waals surface area contributed by atoms with Crippen molar-refractivity contribution in [2.24, 2.45) is 23.7 Å². The molecule has 0 N–H and O–H groups in total. The second-order valence-electron chi connectivity index (χ2n) is 10.3. The predicted octanol–water partition coefficient (Wildman–Crippen LogP) is 8.39. The summed E-state index contributed by atoms with van der Waals surface area (Å²) in [5.74, 6) is 4.97. The SMILES string of the molecule is CCCCCOc1ccc(CCC2CCC(CC[C@H]3CC[C@H](CC)CC3)CC2)nc1. The minimum Gasteiger partial charge on any atom is -0.492 e. The molecule has 0 amide bonds. The molecule has 30 heavy (non-hydrogen) atoms. The lowest BCUT2D eigenvalue weighted by atomic mass is 9.74. The van der Waals surface area contributed by atoms with Crippen LogP contribution in [-0.2, 0) is 6.42 Å². The topological polar surface area (TPSA) is 22.1 Å². The molecule has 170 valence electrons. The highest BCUT2D eigenvalue weighted by atomic mass is 16.5. The number of hydrogen-bond acceptors (Lipinski definition) is 2. The fraction of sp³-hybridized carbons (Fsp3) is 0.821. The minimum atomic E-state index is 0.818. The van der Waals surface area contributed by atoms with Gasteiger partial charge < -0.3 is 4.74 Å². The molecule has 0 aromatic carbocycles. The van der Waals surface area contributed by atoms with Crippen LogP contribution in [0.15, 0.2) is 18.3 Å². The second kappa shape index (κ2) is 13.4. The molecule has 0 radical (unpaired) electrons. The van der Waals surface area contributed by atoms with E-state index in [1.54, 1.807) is 0 Å². The van der Waals surface area contributed by atoms with E-state index in [0.29, 0.717) is 0 Å². The number of aromatic nitrogens is 1. The molecule has 2 aliphatic rings. The second-order valence-corrected chi connectivity index (χ2v) is 10.3. The lowest BCUT2D eigenvalue weighted by Gasteiger charge is -2.31. The molecule has 0 bridgehead atoms. The first kappa shape index (κ1) is 23.6. The summed E-state index contributed by atoms with van der Waals surface area (Å²) in [7, 11) is 0. The van der Waals surface area contributed by atoms with Gasteiger partial charge >= 0.3 is 0 Å². The van der Waals surface area contributed by atoms with Crippen molar-refractivity contribution in [2.45, 2.75) is 117 Å². The average Bonchev–Trinajstić information content (AvgIpc) is 2.81. The van der Waals surface area contributed by atoms with Gasteiger partial charge in [-0.1, -0.05) is 97.3 Å². The van der Waals surface area contributed by atoms with Gasteiger partial charge in [0.05, 0.1) is 12.8 Å². The van der Waals surface area contributed by atoms with E-state index in [4.69, 9.17) is 4.74 Å². The molecular weight excluding hydrogens is 366 g/mol. The molecule has 1 heterocycles. The van der Waals surface area contributed by atoms with E-state index in [1.165, 1.54) is 95.6 Å². The molecular formula is C28H47NO. The van der Waals surface area contributed by atoms with Gasteiger partial charge in [0, 0.05) is 5.69 Å². The molecule has 0 aliphatic heterocycles. The van der Waals surface area contributed by atoms with Crippen molar-refractivity contribution in [3.05, 3.63) is 24.0 Å². The molecule has 2 nitrogen and oxygen atoms in total. The Labute approximate surface area is 186 Å². The van der Waals surface area contributed by atoms with Gasteiger partial charge in [-0.25, -0.2) is 0 Å². The molecule has 1 aromatic heterocycles. The predicted molar refractivity (Wildman–Crippen MR) is 128 cm³/mol. The van der Waals surface area contributed by atoms with Gasteiger partial charge in [0.25, 0.3) is 0 Å². The summed E-state index contributed by atoms with van der Waals surface area (Å²) in [4.78, 5) is 4.64. The number of ether oxygens (including phenoxy) is 1. The molecule has 0 saturated heterocycles. The third-order valence-electron chi connectivity index (χ3n) is 8.12. The Kier molecular flexibility index (Phi) is 10.5. The van der Waals surface area contributed by atoms with Crippen molar-refractivity contribution < 1.29 is 4.74 Å². The lowest BCUT2D eigenvalue weighted by Crippen LogP contribution is -2.18. The molecule has 2 fully saturated rings. The number of nitrogens with zero attached hydrogens (tertiary/aromatic N) is 1. The zero-order chi connectivity index (χ0) is 21.0. The van der Waals surface area contributed by atoms with Gasteiger partial charge in [-0.2, -0.15) is 0 Å². The summed E-state index contributed by atoms with van der Waals surface area (Å²) in [5.41, 5.74) is 1.24. The largest absolute Gasteiger partial charge is 0.492 e. The van der Waals surface area contributed by atoms with E-state index in [1.807, 2.05) is 6.20 Å². The number of aryl methyl sites for hydroxylation is 1. The number of unbranched alkanes of at least 4 members (excludes halogenated alkanes) is 2. The highest BCUT2D eigenvalue weighted by Gasteiger charge is 2.24. The Morgan fingerprint density at radius 2 is 1.37 bits per heavy atom. The average molecular weight is 414 g/mol. The van der Waals surface area contributed by atoms with Gasteiger partial charge in [-0.05, 0) is 55.1 Å². The normalized spacial score (nSPS) is 27.1. The Bertz CT molecular complexity index is 553. The van der Waals surface area contributed by atoms with Gasteiger partial charge in [0.1, 0.15) is 5.75 Å². The van der Waals surface area contributed by atoms with E-state index in [9.17, 15) is 0 Å². The molecule has 2 aliphatic carbocycles. The Balaban J connectivity index is 1.26. The molecule has 1 aromatic rings. The minimum absolute atomic E-state index is 0.818. The molecule has 3 rings (SSSR count). The van der Waals surface area contributed by atoms with Crippen molar-refractivity contribution >= 4 is 0 Å². The quantitative estimate of drug-likeness (QED) is 0.321. The van der Waals surface area contributed by atoms with E-state index < -0.39 is 0 Å². The smallest absolute Gasteiger partial charge is 0.137 e. The van der Waals surface area contributed by atoms with Crippen molar-refractivity contribution in [3.63, 3.8) is 0 Å².